The summed E-state index contributed by atoms with van der Waals surface area (Å²) < 4.78 is 14.1. The number of nitrogens with zero attached hydrogens (tertiary/aromatic N) is 3. The number of hydrogen-bond donors (Lipinski definition) is 0. The lowest BCUT2D eigenvalue weighted by molar-refractivity contribution is -0.384. The minimum Gasteiger partial charge on any atom is -0.496 e. The average molecular weight is 576 g/mol. The molecular weight excluding hydrogens is 550 g/mol. The number of furan rings is 1. The fraction of sp³-hybridized carbons (Fsp3) is 0.152. The highest BCUT2D eigenvalue weighted by Gasteiger charge is 2.34. The zero-order chi connectivity index (χ0) is 29.0. The Hall–Kier alpha value is -5.02. The van der Waals surface area contributed by atoms with E-state index in [1.165, 1.54) is 29.0 Å². The molecule has 0 fully saturated rings. The van der Waals surface area contributed by atoms with E-state index in [0.29, 0.717) is 32.2 Å². The molecular formula is C33H25N3O5S. The Balaban J connectivity index is 1.40. The van der Waals surface area contributed by atoms with Gasteiger partial charge in [0.2, 0.25) is 0 Å². The monoisotopic (exact) mass is 575 g/mol. The standard InChI is InChI=1S/C33H25N3O5S/c1-19-11-13-21(36(38)39)17-26(19)28-16-14-22(41-28)18-29-32(37)35-31(24-9-5-6-10-27(24)40-2)25-15-12-20-7-3-4-8-23(20)30(25)34-33(35)42-29/h3-11,13-14,16-18,31H,12,15H2,1-2H3/b29-18-/t31-/m0/s1. The number of thiazole rings is 1. The van der Waals surface area contributed by atoms with Gasteiger partial charge in [-0.15, -0.1) is 0 Å². The summed E-state index contributed by atoms with van der Waals surface area (Å²) in [7, 11) is 1.64. The van der Waals surface area contributed by atoms with Gasteiger partial charge in [0.05, 0.1) is 28.3 Å². The molecule has 42 heavy (non-hydrogen) atoms. The van der Waals surface area contributed by atoms with Gasteiger partial charge in [-0.1, -0.05) is 59.9 Å². The molecule has 9 heteroatoms. The maximum atomic E-state index is 14.1. The van der Waals surface area contributed by atoms with E-state index in [4.69, 9.17) is 14.1 Å². The van der Waals surface area contributed by atoms with Gasteiger partial charge in [-0.2, -0.15) is 0 Å². The number of non-ortho nitro benzene ring substituents is 1. The highest BCUT2D eigenvalue weighted by atomic mass is 32.1. The first-order chi connectivity index (χ1) is 20.4. The highest BCUT2D eigenvalue weighted by Crippen LogP contribution is 2.43. The van der Waals surface area contributed by atoms with E-state index >= 15 is 0 Å². The average Bonchev–Trinajstić information content (AvgIpc) is 3.60. The van der Waals surface area contributed by atoms with Crippen LogP contribution in [0.4, 0.5) is 5.69 Å². The Morgan fingerprint density at radius 2 is 1.86 bits per heavy atom. The Morgan fingerprint density at radius 3 is 2.69 bits per heavy atom. The molecule has 0 unspecified atom stereocenters. The molecule has 3 aromatic carbocycles. The predicted octanol–water partition coefficient (Wildman–Crippen LogP) is 5.80. The van der Waals surface area contributed by atoms with Crippen molar-refractivity contribution in [3.8, 4) is 17.1 Å². The number of nitro benzene ring substituents is 1. The van der Waals surface area contributed by atoms with Crippen LogP contribution in [0.1, 0.15) is 40.5 Å². The van der Waals surface area contributed by atoms with Gasteiger partial charge in [-0.05, 0) is 54.7 Å². The Labute approximate surface area is 244 Å². The van der Waals surface area contributed by atoms with E-state index < -0.39 is 4.92 Å². The number of hydrogen-bond acceptors (Lipinski definition) is 7. The predicted molar refractivity (Wildman–Crippen MR) is 161 cm³/mol. The van der Waals surface area contributed by atoms with Crippen LogP contribution in [0.25, 0.3) is 23.1 Å². The van der Waals surface area contributed by atoms with Gasteiger partial charge >= 0.3 is 0 Å². The number of methoxy groups -OCH3 is 1. The molecule has 2 aromatic heterocycles. The molecule has 3 heterocycles. The zero-order valence-electron chi connectivity index (χ0n) is 22.9. The summed E-state index contributed by atoms with van der Waals surface area (Å²) in [5.41, 5.74) is 6.58. The van der Waals surface area contributed by atoms with Gasteiger partial charge in [0, 0.05) is 34.9 Å². The first-order valence-corrected chi connectivity index (χ1v) is 14.4. The number of para-hydroxylation sites is 1. The molecule has 2 aliphatic rings. The molecule has 0 saturated heterocycles. The van der Waals surface area contributed by atoms with Crippen LogP contribution in [-0.4, -0.2) is 16.6 Å². The van der Waals surface area contributed by atoms with Crippen LogP contribution in [0.5, 0.6) is 5.75 Å². The number of aryl methyl sites for hydroxylation is 2. The third-order valence-corrected chi connectivity index (χ3v) is 8.89. The zero-order valence-corrected chi connectivity index (χ0v) is 23.7. The maximum absolute atomic E-state index is 14.1. The second-order valence-corrected chi connectivity index (χ2v) is 11.3. The summed E-state index contributed by atoms with van der Waals surface area (Å²) >= 11 is 1.32. The first kappa shape index (κ1) is 25.9. The van der Waals surface area contributed by atoms with Crippen LogP contribution < -0.4 is 19.6 Å². The highest BCUT2D eigenvalue weighted by molar-refractivity contribution is 7.07. The van der Waals surface area contributed by atoms with E-state index in [1.807, 2.05) is 43.3 Å². The first-order valence-electron chi connectivity index (χ1n) is 13.5. The van der Waals surface area contributed by atoms with Gasteiger partial charge in [0.1, 0.15) is 17.3 Å². The third-order valence-electron chi connectivity index (χ3n) is 7.90. The molecule has 0 N–H and O–H groups in total. The van der Waals surface area contributed by atoms with Crippen LogP contribution in [-0.2, 0) is 6.42 Å². The van der Waals surface area contributed by atoms with Crippen LogP contribution in [0.3, 0.4) is 0 Å². The van der Waals surface area contributed by atoms with Crippen molar-refractivity contribution in [2.45, 2.75) is 25.8 Å². The topological polar surface area (TPSA) is 99.9 Å². The molecule has 5 aromatic rings. The lowest BCUT2D eigenvalue weighted by Gasteiger charge is -2.31. The molecule has 7 rings (SSSR count). The SMILES string of the molecule is COc1ccccc1[C@H]1C2=C(N=c3s/c(=C\c4ccc(-c5cc([N+](=O)[O-])ccc5C)o4)c(=O)n31)c1ccccc1CC2. The Morgan fingerprint density at radius 1 is 1.05 bits per heavy atom. The molecule has 0 saturated carbocycles. The Kier molecular flexibility index (Phi) is 6.24. The van der Waals surface area contributed by atoms with Crippen molar-refractivity contribution >= 4 is 28.8 Å². The maximum Gasteiger partial charge on any atom is 0.271 e. The molecule has 1 aliphatic carbocycles. The number of nitro groups is 1. The van der Waals surface area contributed by atoms with Gasteiger partial charge in [0.25, 0.3) is 11.2 Å². The smallest absolute Gasteiger partial charge is 0.271 e. The molecule has 0 radical (unpaired) electrons. The van der Waals surface area contributed by atoms with Gasteiger partial charge in [0.15, 0.2) is 4.80 Å². The number of allylic oxidation sites excluding steroid dienone is 1. The molecule has 1 atom stereocenters. The summed E-state index contributed by atoms with van der Waals surface area (Å²) in [5, 5.41) is 11.3. The van der Waals surface area contributed by atoms with Crippen LogP contribution in [0, 0.1) is 17.0 Å². The molecule has 0 spiro atoms. The summed E-state index contributed by atoms with van der Waals surface area (Å²) in [4.78, 5) is 30.6. The number of fused-ring (bicyclic) bond motifs is 3. The summed E-state index contributed by atoms with van der Waals surface area (Å²) in [5.74, 6) is 1.69. The van der Waals surface area contributed by atoms with Crippen molar-refractivity contribution in [2.24, 2.45) is 4.99 Å². The van der Waals surface area contributed by atoms with Crippen molar-refractivity contribution < 1.29 is 14.1 Å². The minimum atomic E-state index is -0.427. The lowest BCUT2D eigenvalue weighted by atomic mass is 9.83. The fourth-order valence-corrected chi connectivity index (χ4v) is 6.87. The second kappa shape index (κ2) is 10.1. The van der Waals surface area contributed by atoms with Gasteiger partial charge in [-0.3, -0.25) is 19.5 Å². The third kappa shape index (κ3) is 4.21. The van der Waals surface area contributed by atoms with E-state index in [1.54, 1.807) is 36.0 Å². The molecule has 1 aliphatic heterocycles. The number of aromatic nitrogens is 1. The summed E-state index contributed by atoms with van der Waals surface area (Å²) in [6.07, 6.45) is 3.37. The molecule has 8 nitrogen and oxygen atoms in total. The summed E-state index contributed by atoms with van der Waals surface area (Å²) in [6.45, 7) is 1.87. The van der Waals surface area contributed by atoms with E-state index in [2.05, 4.69) is 12.1 Å². The van der Waals surface area contributed by atoms with Crippen molar-refractivity contribution in [3.63, 3.8) is 0 Å². The van der Waals surface area contributed by atoms with Crippen LogP contribution in [0.15, 0.2) is 98.6 Å². The van der Waals surface area contributed by atoms with Crippen molar-refractivity contribution in [3.05, 3.63) is 142 Å². The summed E-state index contributed by atoms with van der Waals surface area (Å²) in [6, 6.07) is 24.0. The molecule has 0 amide bonds. The fourth-order valence-electron chi connectivity index (χ4n) is 5.88. The van der Waals surface area contributed by atoms with E-state index in [0.717, 1.165) is 40.8 Å². The normalized spacial score (nSPS) is 16.0. The molecule has 208 valence electrons. The number of rotatable bonds is 5. The minimum absolute atomic E-state index is 0.0104. The van der Waals surface area contributed by atoms with Gasteiger partial charge in [-0.25, -0.2) is 4.99 Å². The van der Waals surface area contributed by atoms with Crippen LogP contribution >= 0.6 is 11.3 Å². The van der Waals surface area contributed by atoms with Gasteiger partial charge < -0.3 is 9.15 Å². The van der Waals surface area contributed by atoms with E-state index in [-0.39, 0.29) is 17.3 Å². The quantitative estimate of drug-likeness (QED) is 0.195. The van der Waals surface area contributed by atoms with Crippen molar-refractivity contribution in [2.75, 3.05) is 7.11 Å². The van der Waals surface area contributed by atoms with Crippen LogP contribution in [0.2, 0.25) is 0 Å². The van der Waals surface area contributed by atoms with Crippen molar-refractivity contribution in [1.29, 1.82) is 0 Å². The van der Waals surface area contributed by atoms with E-state index in [9.17, 15) is 14.9 Å². The second-order valence-electron chi connectivity index (χ2n) is 10.3. The largest absolute Gasteiger partial charge is 0.496 e. The Bertz CT molecular complexity index is 2120. The molecule has 0 bridgehead atoms. The van der Waals surface area contributed by atoms with Crippen molar-refractivity contribution in [1.82, 2.24) is 4.57 Å². The number of ether oxygens (including phenoxy) is 1. The number of benzene rings is 3. The lowest BCUT2D eigenvalue weighted by Crippen LogP contribution is -2.38.